The Morgan fingerprint density at radius 3 is 1.60 bits per heavy atom. The Morgan fingerprint density at radius 1 is 1.20 bits per heavy atom. The predicted octanol–water partition coefficient (Wildman–Crippen LogP) is 2.72. The summed E-state index contributed by atoms with van der Waals surface area (Å²) < 4.78 is 2.51. The van der Waals surface area contributed by atoms with Crippen LogP contribution in [0.4, 0.5) is 0 Å². The fourth-order valence-electron chi connectivity index (χ4n) is 1.37. The summed E-state index contributed by atoms with van der Waals surface area (Å²) in [5, 5.41) is 0. The molecule has 2 heteroatoms. The summed E-state index contributed by atoms with van der Waals surface area (Å²) in [5.74, 6) is 0. The van der Waals surface area contributed by atoms with Gasteiger partial charge in [-0.3, -0.25) is 4.67 Å². The molecule has 10 heavy (non-hydrogen) atoms. The average Bonchev–Trinajstić information content (AvgIpc) is 1.60. The lowest BCUT2D eigenvalue weighted by atomic mass is 10.1. The van der Waals surface area contributed by atoms with Crippen LogP contribution in [0.2, 0.25) is 0 Å². The van der Waals surface area contributed by atoms with Crippen molar-refractivity contribution in [1.29, 1.82) is 0 Å². The third-order valence-electron chi connectivity index (χ3n) is 1.48. The van der Waals surface area contributed by atoms with Crippen LogP contribution in [0.15, 0.2) is 0 Å². The molecule has 0 rings (SSSR count). The second-order valence-corrected chi connectivity index (χ2v) is 4.79. The molecule has 0 saturated heterocycles. The van der Waals surface area contributed by atoms with Gasteiger partial charge in [-0.1, -0.05) is 8.73 Å². The predicted molar refractivity (Wildman–Crippen MR) is 51.0 cm³/mol. The van der Waals surface area contributed by atoms with E-state index in [1.165, 1.54) is 0 Å². The lowest BCUT2D eigenvalue weighted by Gasteiger charge is -2.37. The van der Waals surface area contributed by atoms with Crippen LogP contribution in [0.5, 0.6) is 0 Å². The van der Waals surface area contributed by atoms with Gasteiger partial charge in [-0.05, 0) is 41.3 Å². The third-order valence-corrected chi connectivity index (χ3v) is 3.15. The molecule has 0 bridgehead atoms. The van der Waals surface area contributed by atoms with Gasteiger partial charge >= 0.3 is 0 Å². The molecular formula is C8H20NP. The zero-order valence-corrected chi connectivity index (χ0v) is 9.02. The third kappa shape index (κ3) is 2.98. The Balaban J connectivity index is 4.07. The number of hydrogen-bond donors (Lipinski definition) is 0. The van der Waals surface area contributed by atoms with Crippen LogP contribution in [0.25, 0.3) is 0 Å². The van der Waals surface area contributed by atoms with Gasteiger partial charge in [-0.25, -0.2) is 0 Å². The Hall–Kier alpha value is 0.390. The molecule has 0 heterocycles. The van der Waals surface area contributed by atoms with Crippen LogP contribution in [-0.4, -0.2) is 22.9 Å². The van der Waals surface area contributed by atoms with Gasteiger partial charge in [0.2, 0.25) is 0 Å². The molecule has 0 radical (unpaired) electrons. The number of rotatable bonds is 2. The first-order valence-electron chi connectivity index (χ1n) is 3.86. The lowest BCUT2D eigenvalue weighted by Crippen LogP contribution is -2.39. The molecule has 0 aliphatic heterocycles. The van der Waals surface area contributed by atoms with Crippen molar-refractivity contribution >= 4 is 8.73 Å². The van der Waals surface area contributed by atoms with Crippen LogP contribution >= 0.6 is 8.73 Å². The van der Waals surface area contributed by atoms with Gasteiger partial charge in [0.15, 0.2) is 0 Å². The fraction of sp³-hybridized carbons (Fsp3) is 1.00. The summed E-state index contributed by atoms with van der Waals surface area (Å²) >= 11 is 0. The quantitative estimate of drug-likeness (QED) is 0.563. The average molecular weight is 161 g/mol. The zero-order chi connectivity index (χ0) is 8.36. The second-order valence-electron chi connectivity index (χ2n) is 3.86. The minimum absolute atomic E-state index is 0.335. The van der Waals surface area contributed by atoms with E-state index in [1.54, 1.807) is 0 Å². The number of nitrogens with zero attached hydrogens (tertiary/aromatic N) is 1. The van der Waals surface area contributed by atoms with E-state index >= 15 is 0 Å². The van der Waals surface area contributed by atoms with Crippen molar-refractivity contribution in [1.82, 2.24) is 4.67 Å². The van der Waals surface area contributed by atoms with E-state index in [1.807, 2.05) is 0 Å². The molecule has 0 aromatic carbocycles. The SMILES string of the molecule is CPN(C(C)C)C(C)(C)C. The smallest absolute Gasteiger partial charge is 0.0162 e. The standard InChI is InChI=1S/C8H20NP/c1-7(2)9(10-6)8(3,4)5/h7,10H,1-6H3. The van der Waals surface area contributed by atoms with Crippen molar-refractivity contribution in [3.63, 3.8) is 0 Å². The van der Waals surface area contributed by atoms with Gasteiger partial charge in [-0.15, -0.1) is 0 Å². The van der Waals surface area contributed by atoms with Gasteiger partial charge in [0.25, 0.3) is 0 Å². The van der Waals surface area contributed by atoms with Crippen molar-refractivity contribution < 1.29 is 0 Å². The maximum absolute atomic E-state index is 2.51. The van der Waals surface area contributed by atoms with E-state index in [4.69, 9.17) is 0 Å². The zero-order valence-electron chi connectivity index (χ0n) is 8.02. The highest BCUT2D eigenvalue weighted by Gasteiger charge is 2.21. The molecule has 62 valence electrons. The van der Waals surface area contributed by atoms with Crippen LogP contribution in [0.1, 0.15) is 34.6 Å². The van der Waals surface area contributed by atoms with Crippen molar-refractivity contribution in [3.8, 4) is 0 Å². The molecule has 0 aromatic rings. The molecule has 0 aliphatic carbocycles. The number of hydrogen-bond acceptors (Lipinski definition) is 1. The summed E-state index contributed by atoms with van der Waals surface area (Å²) in [6.07, 6.45) is 0. The Bertz CT molecular complexity index is 93.9. The van der Waals surface area contributed by atoms with Gasteiger partial charge in [0, 0.05) is 11.6 Å². The van der Waals surface area contributed by atoms with E-state index in [-0.39, 0.29) is 0 Å². The van der Waals surface area contributed by atoms with Crippen LogP contribution < -0.4 is 0 Å². The van der Waals surface area contributed by atoms with Gasteiger partial charge in [0.05, 0.1) is 0 Å². The van der Waals surface area contributed by atoms with E-state index in [9.17, 15) is 0 Å². The first kappa shape index (κ1) is 10.4. The molecule has 0 N–H and O–H groups in total. The van der Waals surface area contributed by atoms with Crippen LogP contribution in [-0.2, 0) is 0 Å². The van der Waals surface area contributed by atoms with E-state index < -0.39 is 0 Å². The molecule has 1 atom stereocenters. The fourth-order valence-corrected chi connectivity index (χ4v) is 2.56. The van der Waals surface area contributed by atoms with E-state index in [0.29, 0.717) is 11.6 Å². The van der Waals surface area contributed by atoms with Crippen LogP contribution in [0.3, 0.4) is 0 Å². The molecule has 0 aromatic heterocycles. The maximum Gasteiger partial charge on any atom is 0.0162 e. The lowest BCUT2D eigenvalue weighted by molar-refractivity contribution is 0.227. The van der Waals surface area contributed by atoms with Crippen molar-refractivity contribution in [2.45, 2.75) is 46.2 Å². The Labute approximate surface area is 67.0 Å². The molecule has 0 saturated carbocycles. The highest BCUT2D eigenvalue weighted by atomic mass is 31.1. The van der Waals surface area contributed by atoms with Crippen molar-refractivity contribution in [3.05, 3.63) is 0 Å². The van der Waals surface area contributed by atoms with E-state index in [0.717, 1.165) is 8.73 Å². The van der Waals surface area contributed by atoms with Gasteiger partial charge in [0.1, 0.15) is 0 Å². The second kappa shape index (κ2) is 3.69. The van der Waals surface area contributed by atoms with Crippen molar-refractivity contribution in [2.24, 2.45) is 0 Å². The van der Waals surface area contributed by atoms with Crippen LogP contribution in [0, 0.1) is 0 Å². The Morgan fingerprint density at radius 2 is 1.60 bits per heavy atom. The minimum Gasteiger partial charge on any atom is -0.277 e. The Kier molecular flexibility index (Phi) is 3.83. The molecule has 0 spiro atoms. The molecule has 0 fully saturated rings. The summed E-state index contributed by atoms with van der Waals surface area (Å²) in [4.78, 5) is 0. The molecule has 1 nitrogen and oxygen atoms in total. The highest BCUT2D eigenvalue weighted by Crippen LogP contribution is 2.27. The van der Waals surface area contributed by atoms with E-state index in [2.05, 4.69) is 46.0 Å². The van der Waals surface area contributed by atoms with Gasteiger partial charge in [-0.2, -0.15) is 0 Å². The first-order valence-corrected chi connectivity index (χ1v) is 5.31. The topological polar surface area (TPSA) is 3.24 Å². The first-order chi connectivity index (χ1) is 4.39. The molecule has 0 amide bonds. The normalized spacial score (nSPS) is 14.4. The monoisotopic (exact) mass is 161 g/mol. The summed E-state index contributed by atoms with van der Waals surface area (Å²) in [6, 6.07) is 0.670. The molecular weight excluding hydrogens is 141 g/mol. The maximum atomic E-state index is 2.51. The van der Waals surface area contributed by atoms with Crippen molar-refractivity contribution in [2.75, 3.05) is 6.66 Å². The molecule has 0 aliphatic rings. The minimum atomic E-state index is 0.335. The summed E-state index contributed by atoms with van der Waals surface area (Å²) in [5.41, 5.74) is 0.335. The van der Waals surface area contributed by atoms with Gasteiger partial charge < -0.3 is 0 Å². The molecule has 1 unspecified atom stereocenters. The largest absolute Gasteiger partial charge is 0.277 e. The highest BCUT2D eigenvalue weighted by molar-refractivity contribution is 7.34. The summed E-state index contributed by atoms with van der Waals surface area (Å²) in [7, 11) is 0.914. The summed E-state index contributed by atoms with van der Waals surface area (Å²) in [6.45, 7) is 13.5.